The van der Waals surface area contributed by atoms with Crippen LogP contribution >= 0.6 is 0 Å². The SMILES string of the molecule is CCn1nnc2c(C)c([C@@H](CC(=O)O)c3ccc4c(c3)CN(C(=O)c3cc(C)c(C)c(C)c3)CC4)ccc21.CCn1nnc2c(C)c([C@@H](CC(=O)OC)c3ccc4c(c3)CN(C(=O)c3cc(C)c(C)c(C)c3)CC4)ccc21.[Na+].[OH-]. The summed E-state index contributed by atoms with van der Waals surface area (Å²) in [5.74, 6) is -1.56. The van der Waals surface area contributed by atoms with Gasteiger partial charge in [-0.3, -0.25) is 19.2 Å². The Labute approximate surface area is 484 Å². The number of carbonyl (C=O) groups is 4. The first kappa shape index (κ1) is 59.6. The first-order chi connectivity index (χ1) is 36.9. The van der Waals surface area contributed by atoms with Crippen LogP contribution in [0.3, 0.4) is 0 Å². The summed E-state index contributed by atoms with van der Waals surface area (Å²) in [6, 6.07) is 28.7. The summed E-state index contributed by atoms with van der Waals surface area (Å²) >= 11 is 0. The van der Waals surface area contributed by atoms with Gasteiger partial charge in [0.15, 0.2) is 0 Å². The van der Waals surface area contributed by atoms with E-state index < -0.39 is 5.97 Å². The quantitative estimate of drug-likeness (QED) is 0.0923. The van der Waals surface area contributed by atoms with Crippen molar-refractivity contribution >= 4 is 45.8 Å². The van der Waals surface area contributed by atoms with Gasteiger partial charge in [0.2, 0.25) is 0 Å². The van der Waals surface area contributed by atoms with Crippen molar-refractivity contribution in [1.29, 1.82) is 0 Å². The molecular formula is C63H71N8NaO7. The Morgan fingerprint density at radius 2 is 0.937 bits per heavy atom. The molecule has 2 atom stereocenters. The summed E-state index contributed by atoms with van der Waals surface area (Å²) < 4.78 is 8.81. The van der Waals surface area contributed by atoms with E-state index in [1.54, 1.807) is 0 Å². The third-order valence-corrected chi connectivity index (χ3v) is 16.5. The molecule has 0 radical (unpaired) electrons. The molecule has 16 heteroatoms. The van der Waals surface area contributed by atoms with E-state index in [-0.39, 0.29) is 77.5 Å². The van der Waals surface area contributed by atoms with Gasteiger partial charge < -0.3 is 25.1 Å². The van der Waals surface area contributed by atoms with Gasteiger partial charge in [0, 0.05) is 62.2 Å². The van der Waals surface area contributed by atoms with Gasteiger partial charge >= 0.3 is 41.5 Å². The first-order valence-electron chi connectivity index (χ1n) is 26.8. The molecule has 4 heterocycles. The summed E-state index contributed by atoms with van der Waals surface area (Å²) in [5, 5.41) is 27.1. The van der Waals surface area contributed by atoms with E-state index in [1.807, 2.05) is 109 Å². The Morgan fingerprint density at radius 3 is 1.30 bits per heavy atom. The second-order valence-corrected chi connectivity index (χ2v) is 21.1. The van der Waals surface area contributed by atoms with Crippen LogP contribution in [-0.4, -0.2) is 94.3 Å². The number of aliphatic carboxylic acids is 1. The number of nitrogens with zero attached hydrogens (tertiary/aromatic N) is 8. The van der Waals surface area contributed by atoms with Crippen molar-refractivity contribution < 1.29 is 64.1 Å². The zero-order valence-electron chi connectivity index (χ0n) is 47.8. The number of amides is 2. The topological polar surface area (TPSA) is 196 Å². The molecule has 2 aromatic heterocycles. The number of hydrogen-bond donors (Lipinski definition) is 1. The zero-order valence-corrected chi connectivity index (χ0v) is 49.8. The number of carboxylic acids is 1. The van der Waals surface area contributed by atoms with Crippen LogP contribution in [0.2, 0.25) is 0 Å². The van der Waals surface area contributed by atoms with Crippen LogP contribution in [0.1, 0.15) is 148 Å². The predicted molar refractivity (Wildman–Crippen MR) is 301 cm³/mol. The normalized spacial score (nSPS) is 13.6. The van der Waals surface area contributed by atoms with E-state index in [0.717, 1.165) is 126 Å². The molecule has 2 aliphatic heterocycles. The molecule has 0 aliphatic carbocycles. The van der Waals surface area contributed by atoms with Crippen LogP contribution in [0.25, 0.3) is 22.1 Å². The smallest absolute Gasteiger partial charge is 0.870 e. The van der Waals surface area contributed by atoms with Crippen molar-refractivity contribution in [3.8, 4) is 0 Å². The van der Waals surface area contributed by atoms with Crippen LogP contribution in [0.4, 0.5) is 0 Å². The molecule has 15 nitrogen and oxygen atoms in total. The van der Waals surface area contributed by atoms with Gasteiger partial charge in [0.1, 0.15) is 11.0 Å². The average Bonchev–Trinajstić information content (AvgIpc) is 4.07. The number of carboxylic acid groups (broad SMARTS) is 1. The van der Waals surface area contributed by atoms with Crippen molar-refractivity contribution in [3.05, 3.63) is 185 Å². The van der Waals surface area contributed by atoms with Gasteiger partial charge in [0.25, 0.3) is 11.8 Å². The van der Waals surface area contributed by atoms with Crippen molar-refractivity contribution in [1.82, 2.24) is 39.8 Å². The molecule has 0 spiro atoms. The maximum atomic E-state index is 13.5. The molecule has 0 saturated carbocycles. The van der Waals surface area contributed by atoms with Crippen molar-refractivity contribution in [2.24, 2.45) is 0 Å². The Bertz CT molecular complexity index is 3590. The minimum Gasteiger partial charge on any atom is -0.870 e. The number of aromatic nitrogens is 6. The summed E-state index contributed by atoms with van der Waals surface area (Å²) in [6.07, 6.45) is 1.77. The van der Waals surface area contributed by atoms with E-state index in [1.165, 1.54) is 29.4 Å². The van der Waals surface area contributed by atoms with Crippen LogP contribution in [0, 0.1) is 55.4 Å². The molecule has 2 aliphatic rings. The monoisotopic (exact) mass is 1070 g/mol. The molecule has 79 heavy (non-hydrogen) atoms. The maximum Gasteiger partial charge on any atom is 1.00 e. The third kappa shape index (κ3) is 12.1. The van der Waals surface area contributed by atoms with Crippen molar-refractivity contribution in [2.75, 3.05) is 20.2 Å². The molecule has 406 valence electrons. The third-order valence-electron chi connectivity index (χ3n) is 16.5. The van der Waals surface area contributed by atoms with Crippen LogP contribution < -0.4 is 29.6 Å². The number of carbonyl (C=O) groups excluding carboxylic acids is 3. The van der Waals surface area contributed by atoms with E-state index in [9.17, 15) is 24.3 Å². The molecular weight excluding hydrogens is 1000 g/mol. The van der Waals surface area contributed by atoms with E-state index in [0.29, 0.717) is 26.2 Å². The van der Waals surface area contributed by atoms with Crippen LogP contribution in [0.5, 0.6) is 0 Å². The molecule has 2 N–H and O–H groups in total. The minimum atomic E-state index is -0.855. The number of benzene rings is 6. The second kappa shape index (κ2) is 25.0. The number of rotatable bonds is 12. The largest absolute Gasteiger partial charge is 1.00 e. The number of aryl methyl sites for hydroxylation is 8. The summed E-state index contributed by atoms with van der Waals surface area (Å²) in [7, 11) is 1.42. The second-order valence-electron chi connectivity index (χ2n) is 21.1. The predicted octanol–water partition coefficient (Wildman–Crippen LogP) is 7.90. The van der Waals surface area contributed by atoms with Crippen LogP contribution in [-0.2, 0) is 53.3 Å². The molecule has 2 amide bonds. The minimum absolute atomic E-state index is 0. The summed E-state index contributed by atoms with van der Waals surface area (Å²) in [5.41, 5.74) is 22.6. The molecule has 0 fully saturated rings. The molecule has 0 unspecified atom stereocenters. The fourth-order valence-electron chi connectivity index (χ4n) is 11.4. The summed E-state index contributed by atoms with van der Waals surface area (Å²) in [6.45, 7) is 24.3. The number of fused-ring (bicyclic) bond motifs is 4. The van der Waals surface area contributed by atoms with Gasteiger partial charge in [-0.05, 0) is 207 Å². The van der Waals surface area contributed by atoms with Gasteiger partial charge in [-0.2, -0.15) is 0 Å². The van der Waals surface area contributed by atoms with E-state index in [4.69, 9.17) is 4.74 Å². The van der Waals surface area contributed by atoms with Gasteiger partial charge in [-0.25, -0.2) is 9.36 Å². The Kier molecular flexibility index (Phi) is 18.8. The molecule has 0 saturated heterocycles. The average molecular weight is 1080 g/mol. The fraction of sp³-hybridized carbons (Fsp3) is 0.365. The van der Waals surface area contributed by atoms with Gasteiger partial charge in [-0.1, -0.05) is 59.0 Å². The standard InChI is InChI=1S/C32H36N4O3.C31H34N4O3.Na.H2O/c1-7-36-29-11-10-27(22(5)31(29)33-34-36)28(17-30(37)39-6)24-9-8-23-12-13-35(18-26(23)16-24)32(38)25-14-19(2)21(4)20(3)15-25;1-6-35-28-10-9-26(21(5)30(28)32-33-35)27(16-29(36)37)23-8-7-22-11-12-34(17-25(22)15-23)31(38)24-13-18(2)20(4)19(3)14-24;;/h8-11,14-16,28H,7,12-13,17-18H2,1-6H3;7-10,13-15,27H,6,11-12,16-17H2,1-5H3,(H,36,37);;1H2/q;;+1;/p-1/t28-;27-;;/m00../s1. The Balaban J connectivity index is 0.000000223. The van der Waals surface area contributed by atoms with E-state index >= 15 is 0 Å². The van der Waals surface area contributed by atoms with Gasteiger partial charge in [0.05, 0.1) is 31.0 Å². The van der Waals surface area contributed by atoms with Crippen molar-refractivity contribution in [2.45, 2.75) is 133 Å². The molecule has 8 aromatic rings. The number of ether oxygens (including phenoxy) is 1. The molecule has 6 aromatic carbocycles. The van der Waals surface area contributed by atoms with Crippen molar-refractivity contribution in [3.63, 3.8) is 0 Å². The molecule has 0 bridgehead atoms. The number of hydrogen-bond acceptors (Lipinski definition) is 10. The summed E-state index contributed by atoms with van der Waals surface area (Å²) in [4.78, 5) is 55.3. The Hall–Kier alpha value is -7.04. The van der Waals surface area contributed by atoms with Gasteiger partial charge in [-0.15, -0.1) is 10.2 Å². The van der Waals surface area contributed by atoms with E-state index in [2.05, 4.69) is 84.7 Å². The Morgan fingerprint density at radius 1 is 0.544 bits per heavy atom. The number of methoxy groups -OCH3 is 1. The molecule has 10 rings (SSSR count). The zero-order chi connectivity index (χ0) is 55.0. The number of esters is 1. The maximum absolute atomic E-state index is 13.5. The first-order valence-corrected chi connectivity index (χ1v) is 26.8. The van der Waals surface area contributed by atoms with Crippen LogP contribution in [0.15, 0.2) is 84.9 Å². The fourth-order valence-corrected chi connectivity index (χ4v) is 11.4.